The Morgan fingerprint density at radius 2 is 2.00 bits per heavy atom. The molecule has 0 aliphatic heterocycles. The second kappa shape index (κ2) is 6.28. The molecule has 2 aromatic heterocycles. The molecule has 1 aliphatic carbocycles. The molecule has 1 amide bonds. The van der Waals surface area contributed by atoms with Gasteiger partial charge in [-0.05, 0) is 25.0 Å². The third-order valence-electron chi connectivity index (χ3n) is 4.36. The normalized spacial score (nSPS) is 16.2. The molecule has 0 bridgehead atoms. The van der Waals surface area contributed by atoms with Crippen LogP contribution in [0.1, 0.15) is 48.9 Å². The van der Waals surface area contributed by atoms with Gasteiger partial charge in [0.25, 0.3) is 11.5 Å². The molecule has 1 aliphatic rings. The SMILES string of the molecule is NC(=O)c1c(NC2CCCCCC2)c2cccnc2n(O)c1=O. The van der Waals surface area contributed by atoms with Gasteiger partial charge in [-0.2, -0.15) is 0 Å². The maximum Gasteiger partial charge on any atom is 0.299 e. The third kappa shape index (κ3) is 2.86. The van der Waals surface area contributed by atoms with Crippen LogP contribution in [-0.2, 0) is 0 Å². The largest absolute Gasteiger partial charge is 0.423 e. The van der Waals surface area contributed by atoms with Crippen LogP contribution in [0.4, 0.5) is 5.69 Å². The molecular weight excluding hydrogens is 296 g/mol. The highest BCUT2D eigenvalue weighted by molar-refractivity contribution is 6.05. The predicted octanol–water partition coefficient (Wildman–Crippen LogP) is 1.87. The van der Waals surface area contributed by atoms with Crippen LogP contribution in [0.25, 0.3) is 11.0 Å². The summed E-state index contributed by atoms with van der Waals surface area (Å²) in [5.74, 6) is -0.861. The summed E-state index contributed by atoms with van der Waals surface area (Å²) in [6.45, 7) is 0. The van der Waals surface area contributed by atoms with E-state index in [1.807, 2.05) is 0 Å². The molecule has 122 valence electrons. The van der Waals surface area contributed by atoms with Crippen LogP contribution in [-0.4, -0.2) is 26.9 Å². The summed E-state index contributed by atoms with van der Waals surface area (Å²) in [5, 5.41) is 13.8. The van der Waals surface area contributed by atoms with Gasteiger partial charge in [0.15, 0.2) is 5.65 Å². The van der Waals surface area contributed by atoms with Crippen LogP contribution in [0.3, 0.4) is 0 Å². The average molecular weight is 316 g/mol. The molecule has 3 rings (SSSR count). The van der Waals surface area contributed by atoms with Crippen molar-refractivity contribution in [1.82, 2.24) is 9.71 Å². The lowest BCUT2D eigenvalue weighted by Crippen LogP contribution is -2.32. The number of carbonyl (C=O) groups excluding carboxylic acids is 1. The molecule has 7 heteroatoms. The quantitative estimate of drug-likeness (QED) is 0.591. The van der Waals surface area contributed by atoms with Crippen molar-refractivity contribution >= 4 is 22.6 Å². The number of hydrogen-bond donors (Lipinski definition) is 3. The van der Waals surface area contributed by atoms with E-state index in [1.54, 1.807) is 12.1 Å². The molecule has 4 N–H and O–H groups in total. The monoisotopic (exact) mass is 316 g/mol. The van der Waals surface area contributed by atoms with Crippen molar-refractivity contribution in [1.29, 1.82) is 0 Å². The summed E-state index contributed by atoms with van der Waals surface area (Å²) >= 11 is 0. The maximum atomic E-state index is 12.3. The molecular formula is C16H20N4O3. The number of pyridine rings is 2. The topological polar surface area (TPSA) is 110 Å². The predicted molar refractivity (Wildman–Crippen MR) is 86.8 cm³/mol. The number of anilines is 1. The Morgan fingerprint density at radius 1 is 1.30 bits per heavy atom. The van der Waals surface area contributed by atoms with Gasteiger partial charge in [0.1, 0.15) is 5.56 Å². The lowest BCUT2D eigenvalue weighted by atomic mass is 10.1. The molecule has 2 heterocycles. The number of aromatic nitrogens is 2. The van der Waals surface area contributed by atoms with Crippen LogP contribution in [0, 0.1) is 0 Å². The van der Waals surface area contributed by atoms with Crippen molar-refractivity contribution in [3.63, 3.8) is 0 Å². The van der Waals surface area contributed by atoms with Gasteiger partial charge >= 0.3 is 0 Å². The number of rotatable bonds is 3. The molecule has 0 spiro atoms. The molecule has 0 aromatic carbocycles. The first-order valence-electron chi connectivity index (χ1n) is 7.89. The molecule has 0 atom stereocenters. The van der Waals surface area contributed by atoms with E-state index < -0.39 is 11.5 Å². The fourth-order valence-corrected chi connectivity index (χ4v) is 3.21. The molecule has 23 heavy (non-hydrogen) atoms. The number of nitrogens with two attached hydrogens (primary N) is 1. The Kier molecular flexibility index (Phi) is 4.18. The molecule has 7 nitrogen and oxygen atoms in total. The molecule has 1 saturated carbocycles. The Balaban J connectivity index is 2.16. The van der Waals surface area contributed by atoms with Gasteiger partial charge in [0, 0.05) is 17.6 Å². The lowest BCUT2D eigenvalue weighted by Gasteiger charge is -2.21. The van der Waals surface area contributed by atoms with E-state index >= 15 is 0 Å². The Hall–Kier alpha value is -2.57. The van der Waals surface area contributed by atoms with E-state index in [0.29, 0.717) is 15.8 Å². The van der Waals surface area contributed by atoms with Gasteiger partial charge < -0.3 is 16.3 Å². The third-order valence-corrected chi connectivity index (χ3v) is 4.36. The minimum Gasteiger partial charge on any atom is -0.423 e. The number of amides is 1. The second-order valence-corrected chi connectivity index (χ2v) is 5.94. The second-order valence-electron chi connectivity index (χ2n) is 5.94. The van der Waals surface area contributed by atoms with Gasteiger partial charge in [-0.3, -0.25) is 9.59 Å². The summed E-state index contributed by atoms with van der Waals surface area (Å²) in [6.07, 6.45) is 8.04. The van der Waals surface area contributed by atoms with Crippen molar-refractivity contribution < 1.29 is 10.0 Å². The Morgan fingerprint density at radius 3 is 2.65 bits per heavy atom. The van der Waals surface area contributed by atoms with Crippen LogP contribution in [0.5, 0.6) is 0 Å². The molecule has 1 fully saturated rings. The highest BCUT2D eigenvalue weighted by atomic mass is 16.5. The van der Waals surface area contributed by atoms with Gasteiger partial charge in [0.05, 0.1) is 5.69 Å². The lowest BCUT2D eigenvalue weighted by molar-refractivity contribution is 0.0994. The first-order chi connectivity index (χ1) is 11.1. The zero-order valence-corrected chi connectivity index (χ0v) is 12.8. The fourth-order valence-electron chi connectivity index (χ4n) is 3.21. The maximum absolute atomic E-state index is 12.3. The van der Waals surface area contributed by atoms with E-state index in [9.17, 15) is 14.8 Å². The molecule has 0 radical (unpaired) electrons. The Labute approximate surface area is 133 Å². The standard InChI is InChI=1S/C16H20N4O3/c17-14(21)12-13(19-10-6-3-1-2-4-7-10)11-8-5-9-18-15(11)20(23)16(12)22/h5,8-10,19,23H,1-4,6-7H2,(H2,17,21). The number of carbonyl (C=O) groups is 1. The summed E-state index contributed by atoms with van der Waals surface area (Å²) in [7, 11) is 0. The van der Waals surface area contributed by atoms with Crippen LogP contribution < -0.4 is 16.6 Å². The van der Waals surface area contributed by atoms with Crippen molar-refractivity contribution in [2.45, 2.75) is 44.6 Å². The average Bonchev–Trinajstić information content (AvgIpc) is 2.81. The molecule has 2 aromatic rings. The highest BCUT2D eigenvalue weighted by Crippen LogP contribution is 2.27. The van der Waals surface area contributed by atoms with Gasteiger partial charge in [-0.25, -0.2) is 4.98 Å². The number of hydrogen-bond acceptors (Lipinski definition) is 5. The van der Waals surface area contributed by atoms with E-state index in [1.165, 1.54) is 19.0 Å². The first kappa shape index (κ1) is 15.3. The first-order valence-corrected chi connectivity index (χ1v) is 7.89. The number of nitrogens with one attached hydrogen (secondary N) is 1. The summed E-state index contributed by atoms with van der Waals surface area (Å²) in [4.78, 5) is 28.1. The minimum absolute atomic E-state index is 0.110. The fraction of sp³-hybridized carbons (Fsp3) is 0.438. The number of fused-ring (bicyclic) bond motifs is 1. The van der Waals surface area contributed by atoms with Gasteiger partial charge in [0.2, 0.25) is 0 Å². The van der Waals surface area contributed by atoms with Crippen molar-refractivity contribution in [2.24, 2.45) is 5.73 Å². The smallest absolute Gasteiger partial charge is 0.299 e. The van der Waals surface area contributed by atoms with E-state index in [2.05, 4.69) is 10.3 Å². The summed E-state index contributed by atoms with van der Waals surface area (Å²) in [6, 6.07) is 3.57. The Bertz CT molecular complexity index is 792. The van der Waals surface area contributed by atoms with E-state index in [4.69, 9.17) is 5.73 Å². The van der Waals surface area contributed by atoms with Crippen molar-refractivity contribution in [3.8, 4) is 0 Å². The number of primary amides is 1. The minimum atomic E-state index is -0.861. The van der Waals surface area contributed by atoms with Crippen LogP contribution in [0.15, 0.2) is 23.1 Å². The number of nitrogens with zero attached hydrogens (tertiary/aromatic N) is 2. The zero-order chi connectivity index (χ0) is 16.4. The molecule has 0 saturated heterocycles. The van der Waals surface area contributed by atoms with E-state index in [0.717, 1.165) is 25.7 Å². The van der Waals surface area contributed by atoms with Crippen LogP contribution >= 0.6 is 0 Å². The summed E-state index contributed by atoms with van der Waals surface area (Å²) < 4.78 is 0.383. The molecule has 0 unspecified atom stereocenters. The van der Waals surface area contributed by atoms with E-state index in [-0.39, 0.29) is 17.3 Å². The van der Waals surface area contributed by atoms with Gasteiger partial charge in [-0.1, -0.05) is 25.7 Å². The zero-order valence-electron chi connectivity index (χ0n) is 12.8. The highest BCUT2D eigenvalue weighted by Gasteiger charge is 2.23. The van der Waals surface area contributed by atoms with Crippen molar-refractivity contribution in [2.75, 3.05) is 5.32 Å². The van der Waals surface area contributed by atoms with Crippen LogP contribution in [0.2, 0.25) is 0 Å². The van der Waals surface area contributed by atoms with Gasteiger partial charge in [-0.15, -0.1) is 4.73 Å². The summed E-state index contributed by atoms with van der Waals surface area (Å²) in [5.41, 5.74) is 4.80. The van der Waals surface area contributed by atoms with Crippen molar-refractivity contribution in [3.05, 3.63) is 34.2 Å².